The molecule has 114 valence electrons. The van der Waals surface area contributed by atoms with E-state index in [4.69, 9.17) is 0 Å². The Morgan fingerprint density at radius 3 is 1.36 bits per heavy atom. The molecule has 0 aliphatic heterocycles. The van der Waals surface area contributed by atoms with Gasteiger partial charge in [-0.2, -0.15) is 0 Å². The zero-order valence-corrected chi connectivity index (χ0v) is 13.3. The number of benzene rings is 2. The Balaban J connectivity index is 0.000000131. The summed E-state index contributed by atoms with van der Waals surface area (Å²) < 4.78 is 0. The normalized spacial score (nSPS) is 9.73. The van der Waals surface area contributed by atoms with E-state index in [1.54, 1.807) is 0 Å². The van der Waals surface area contributed by atoms with Gasteiger partial charge in [-0.05, 0) is 35.0 Å². The molecule has 0 amide bonds. The molecule has 22 heavy (non-hydrogen) atoms. The van der Waals surface area contributed by atoms with Crippen molar-refractivity contribution < 1.29 is 0 Å². The van der Waals surface area contributed by atoms with Crippen molar-refractivity contribution in [3.63, 3.8) is 0 Å². The van der Waals surface area contributed by atoms with Crippen LogP contribution in [0, 0.1) is 0 Å². The number of unbranched alkanes of at least 4 members (excludes halogenated alkanes) is 1. The van der Waals surface area contributed by atoms with Crippen LogP contribution in [-0.2, 0) is 0 Å². The molecule has 2 aromatic heterocycles. The third-order valence-corrected chi connectivity index (χ3v) is 3.43. The quantitative estimate of drug-likeness (QED) is 0.422. The van der Waals surface area contributed by atoms with Crippen LogP contribution in [0.15, 0.2) is 73.1 Å². The van der Waals surface area contributed by atoms with Gasteiger partial charge in [0, 0.05) is 23.4 Å². The molecule has 0 bridgehead atoms. The molecule has 0 fully saturated rings. The van der Waals surface area contributed by atoms with Crippen molar-refractivity contribution in [2.45, 2.75) is 26.7 Å². The van der Waals surface area contributed by atoms with Crippen molar-refractivity contribution in [2.75, 3.05) is 0 Å². The smallest absolute Gasteiger partial charge is 0.0453 e. The van der Waals surface area contributed by atoms with Crippen LogP contribution in [0.3, 0.4) is 0 Å². The molecule has 0 saturated heterocycles. The van der Waals surface area contributed by atoms with Crippen LogP contribution in [0.2, 0.25) is 0 Å². The number of nitrogens with one attached hydrogen (secondary N) is 2. The van der Waals surface area contributed by atoms with Gasteiger partial charge < -0.3 is 9.97 Å². The molecule has 2 heteroatoms. The maximum Gasteiger partial charge on any atom is 0.0453 e. The van der Waals surface area contributed by atoms with Gasteiger partial charge in [0.25, 0.3) is 0 Å². The summed E-state index contributed by atoms with van der Waals surface area (Å²) >= 11 is 0. The highest BCUT2D eigenvalue weighted by Crippen LogP contribution is 2.09. The highest BCUT2D eigenvalue weighted by atomic mass is 14.7. The highest BCUT2D eigenvalue weighted by molar-refractivity contribution is 5.79. The van der Waals surface area contributed by atoms with E-state index >= 15 is 0 Å². The molecule has 4 aromatic rings. The van der Waals surface area contributed by atoms with Gasteiger partial charge in [-0.25, -0.2) is 0 Å². The minimum atomic E-state index is 1.21. The van der Waals surface area contributed by atoms with Gasteiger partial charge in [0.2, 0.25) is 0 Å². The first-order valence-corrected chi connectivity index (χ1v) is 7.89. The maximum atomic E-state index is 3.12. The summed E-state index contributed by atoms with van der Waals surface area (Å²) in [6.07, 6.45) is 6.54. The van der Waals surface area contributed by atoms with Crippen molar-refractivity contribution in [3.05, 3.63) is 73.1 Å². The van der Waals surface area contributed by atoms with E-state index in [1.807, 2.05) is 36.7 Å². The van der Waals surface area contributed by atoms with Gasteiger partial charge in [-0.3, -0.25) is 0 Å². The van der Waals surface area contributed by atoms with E-state index in [0.29, 0.717) is 0 Å². The standard InChI is InChI=1S/2C8H7N.C4H10/c2*1-2-4-8-7(3-1)5-6-9-8;1-3-4-2/h2*1-6,9H;3-4H2,1-2H3. The number of para-hydroxylation sites is 2. The number of aromatic amines is 2. The average Bonchev–Trinajstić information content (AvgIpc) is 3.24. The zero-order valence-electron chi connectivity index (χ0n) is 13.3. The van der Waals surface area contributed by atoms with Crippen molar-refractivity contribution >= 4 is 21.8 Å². The highest BCUT2D eigenvalue weighted by Gasteiger charge is 1.87. The van der Waals surface area contributed by atoms with Crippen LogP contribution >= 0.6 is 0 Å². The van der Waals surface area contributed by atoms with E-state index in [-0.39, 0.29) is 0 Å². The third kappa shape index (κ3) is 4.52. The molecule has 2 nitrogen and oxygen atoms in total. The monoisotopic (exact) mass is 292 g/mol. The SMILES string of the molecule is CCCC.c1ccc2[nH]ccc2c1.c1ccc2[nH]ccc2c1. The molecule has 0 radical (unpaired) electrons. The van der Waals surface area contributed by atoms with Crippen LogP contribution < -0.4 is 0 Å². The zero-order chi connectivity index (χ0) is 15.6. The Labute approximate surface area is 132 Å². The fourth-order valence-corrected chi connectivity index (χ4v) is 1.99. The van der Waals surface area contributed by atoms with Gasteiger partial charge >= 0.3 is 0 Å². The summed E-state index contributed by atoms with van der Waals surface area (Å²) in [6, 6.07) is 20.6. The maximum absolute atomic E-state index is 3.12. The first-order chi connectivity index (χ1) is 10.8. The second-order valence-electron chi connectivity index (χ2n) is 5.13. The van der Waals surface area contributed by atoms with E-state index in [1.165, 1.54) is 34.6 Å². The minimum absolute atomic E-state index is 1.21. The van der Waals surface area contributed by atoms with Crippen molar-refractivity contribution in [3.8, 4) is 0 Å². The molecule has 0 aliphatic carbocycles. The molecule has 2 N–H and O–H groups in total. The summed E-state index contributed by atoms with van der Waals surface area (Å²) in [5.41, 5.74) is 2.41. The van der Waals surface area contributed by atoms with E-state index in [2.05, 4.69) is 60.2 Å². The molecular weight excluding hydrogens is 268 g/mol. The van der Waals surface area contributed by atoms with Gasteiger partial charge in [0.05, 0.1) is 0 Å². The molecule has 0 saturated carbocycles. The summed E-state index contributed by atoms with van der Waals surface area (Å²) in [5, 5.41) is 2.55. The molecule has 0 unspecified atom stereocenters. The molecule has 2 aromatic carbocycles. The Hall–Kier alpha value is -2.48. The van der Waals surface area contributed by atoms with E-state index < -0.39 is 0 Å². The number of hydrogen-bond acceptors (Lipinski definition) is 0. The second kappa shape index (κ2) is 8.73. The first kappa shape index (κ1) is 15.9. The lowest BCUT2D eigenvalue weighted by Gasteiger charge is -1.83. The third-order valence-electron chi connectivity index (χ3n) is 3.43. The summed E-state index contributed by atoms with van der Waals surface area (Å²) in [6.45, 7) is 4.36. The predicted octanol–water partition coefficient (Wildman–Crippen LogP) is 6.14. The lowest BCUT2D eigenvalue weighted by Crippen LogP contribution is -1.61. The van der Waals surface area contributed by atoms with E-state index in [0.717, 1.165) is 0 Å². The van der Waals surface area contributed by atoms with Crippen molar-refractivity contribution in [1.29, 1.82) is 0 Å². The Morgan fingerprint density at radius 1 is 0.591 bits per heavy atom. The Morgan fingerprint density at radius 2 is 1.00 bits per heavy atom. The molecule has 0 aliphatic rings. The van der Waals surface area contributed by atoms with Crippen LogP contribution in [0.5, 0.6) is 0 Å². The summed E-state index contributed by atoms with van der Waals surface area (Å²) in [5.74, 6) is 0. The van der Waals surface area contributed by atoms with Crippen LogP contribution in [0.4, 0.5) is 0 Å². The molecule has 0 atom stereocenters. The average molecular weight is 292 g/mol. The lowest BCUT2D eigenvalue weighted by atomic mass is 10.3. The lowest BCUT2D eigenvalue weighted by molar-refractivity contribution is 0.886. The molecule has 0 spiro atoms. The summed E-state index contributed by atoms with van der Waals surface area (Å²) in [4.78, 5) is 6.24. The molecular formula is C20H24N2. The fraction of sp³-hybridized carbons (Fsp3) is 0.200. The van der Waals surface area contributed by atoms with Crippen molar-refractivity contribution in [2.24, 2.45) is 0 Å². The Bertz CT molecular complexity index is 652. The van der Waals surface area contributed by atoms with Crippen LogP contribution in [0.25, 0.3) is 21.8 Å². The Kier molecular flexibility index (Phi) is 6.31. The van der Waals surface area contributed by atoms with Gasteiger partial charge in [0.1, 0.15) is 0 Å². The fourth-order valence-electron chi connectivity index (χ4n) is 1.99. The van der Waals surface area contributed by atoms with Gasteiger partial charge in [-0.1, -0.05) is 63.1 Å². The molecule has 2 heterocycles. The second-order valence-corrected chi connectivity index (χ2v) is 5.13. The minimum Gasteiger partial charge on any atom is -0.361 e. The first-order valence-electron chi connectivity index (χ1n) is 7.89. The van der Waals surface area contributed by atoms with Gasteiger partial charge in [0.15, 0.2) is 0 Å². The summed E-state index contributed by atoms with van der Waals surface area (Å²) in [7, 11) is 0. The van der Waals surface area contributed by atoms with Crippen molar-refractivity contribution in [1.82, 2.24) is 9.97 Å². The number of rotatable bonds is 1. The van der Waals surface area contributed by atoms with Gasteiger partial charge in [-0.15, -0.1) is 0 Å². The van der Waals surface area contributed by atoms with Crippen LogP contribution in [0.1, 0.15) is 26.7 Å². The largest absolute Gasteiger partial charge is 0.361 e. The van der Waals surface area contributed by atoms with Crippen LogP contribution in [-0.4, -0.2) is 9.97 Å². The predicted molar refractivity (Wildman–Crippen MR) is 97.2 cm³/mol. The molecule has 4 rings (SSSR count). The number of fused-ring (bicyclic) bond motifs is 2. The number of hydrogen-bond donors (Lipinski definition) is 2. The number of aromatic nitrogens is 2. The topological polar surface area (TPSA) is 31.6 Å². The van der Waals surface area contributed by atoms with E-state index in [9.17, 15) is 0 Å². The number of H-pyrrole nitrogens is 2.